The van der Waals surface area contributed by atoms with E-state index in [9.17, 15) is 9.59 Å². The predicted octanol–water partition coefficient (Wildman–Crippen LogP) is 3.18. The number of hydrogen-bond acceptors (Lipinski definition) is 5. The summed E-state index contributed by atoms with van der Waals surface area (Å²) in [6.07, 6.45) is 0. The summed E-state index contributed by atoms with van der Waals surface area (Å²) in [6.45, 7) is 7.35. The van der Waals surface area contributed by atoms with Gasteiger partial charge < -0.3 is 15.0 Å². The molecule has 1 heterocycles. The van der Waals surface area contributed by atoms with Gasteiger partial charge in [-0.25, -0.2) is 0 Å². The fraction of sp³-hybridized carbons (Fsp3) is 0.391. The van der Waals surface area contributed by atoms with Crippen molar-refractivity contribution in [2.24, 2.45) is 0 Å². The van der Waals surface area contributed by atoms with Crippen LogP contribution in [0.4, 0.5) is 11.4 Å². The van der Waals surface area contributed by atoms with Crippen LogP contribution in [0.1, 0.15) is 29.8 Å². The van der Waals surface area contributed by atoms with Crippen LogP contribution in [0, 0.1) is 0 Å². The quantitative estimate of drug-likeness (QED) is 0.730. The van der Waals surface area contributed by atoms with Crippen molar-refractivity contribution in [1.82, 2.24) is 4.90 Å². The Hall–Kier alpha value is -2.70. The summed E-state index contributed by atoms with van der Waals surface area (Å²) >= 11 is 0. The number of carbonyl (C=O) groups excluding carboxylic acids is 2. The van der Waals surface area contributed by atoms with Crippen molar-refractivity contribution in [1.29, 1.82) is 0 Å². The topological polar surface area (TPSA) is 61.9 Å². The SMILES string of the molecule is CC(=O)c1ccc(NC(=O)C(C)N(C)Cc2ccccc2N2CCOCC2)cc1. The molecule has 2 aromatic carbocycles. The zero-order chi connectivity index (χ0) is 20.8. The van der Waals surface area contributed by atoms with Gasteiger partial charge in [-0.15, -0.1) is 0 Å². The molecule has 6 nitrogen and oxygen atoms in total. The molecule has 1 N–H and O–H groups in total. The lowest BCUT2D eigenvalue weighted by atomic mass is 10.1. The molecule has 29 heavy (non-hydrogen) atoms. The van der Waals surface area contributed by atoms with Crippen LogP contribution < -0.4 is 10.2 Å². The van der Waals surface area contributed by atoms with Gasteiger partial charge in [0.2, 0.25) is 5.91 Å². The van der Waals surface area contributed by atoms with Gasteiger partial charge in [0, 0.05) is 36.6 Å². The first-order valence-electron chi connectivity index (χ1n) is 9.98. The van der Waals surface area contributed by atoms with E-state index in [1.54, 1.807) is 24.3 Å². The lowest BCUT2D eigenvalue weighted by molar-refractivity contribution is -0.120. The summed E-state index contributed by atoms with van der Waals surface area (Å²) in [4.78, 5) is 28.5. The minimum Gasteiger partial charge on any atom is -0.378 e. The molecule has 1 atom stereocenters. The molecule has 6 heteroatoms. The van der Waals surface area contributed by atoms with Gasteiger partial charge in [0.1, 0.15) is 0 Å². The van der Waals surface area contributed by atoms with Crippen molar-refractivity contribution in [2.75, 3.05) is 43.6 Å². The number of morpholine rings is 1. The molecule has 0 saturated carbocycles. The zero-order valence-electron chi connectivity index (χ0n) is 17.4. The normalized spacial score (nSPS) is 15.2. The van der Waals surface area contributed by atoms with Crippen molar-refractivity contribution in [2.45, 2.75) is 26.4 Å². The van der Waals surface area contributed by atoms with Crippen LogP contribution in [0.5, 0.6) is 0 Å². The molecule has 1 unspecified atom stereocenters. The number of likely N-dealkylation sites (N-methyl/N-ethyl adjacent to an activating group) is 1. The van der Waals surface area contributed by atoms with E-state index >= 15 is 0 Å². The fourth-order valence-electron chi connectivity index (χ4n) is 3.40. The van der Waals surface area contributed by atoms with E-state index in [-0.39, 0.29) is 17.7 Å². The molecule has 1 fully saturated rings. The molecular weight excluding hydrogens is 366 g/mol. The molecule has 0 radical (unpaired) electrons. The van der Waals surface area contributed by atoms with Crippen LogP contribution >= 0.6 is 0 Å². The highest BCUT2D eigenvalue weighted by molar-refractivity contribution is 5.96. The highest BCUT2D eigenvalue weighted by Crippen LogP contribution is 2.23. The molecule has 0 spiro atoms. The van der Waals surface area contributed by atoms with Crippen molar-refractivity contribution >= 4 is 23.1 Å². The Kier molecular flexibility index (Phi) is 7.01. The van der Waals surface area contributed by atoms with Crippen LogP contribution in [0.3, 0.4) is 0 Å². The number of ether oxygens (including phenoxy) is 1. The summed E-state index contributed by atoms with van der Waals surface area (Å²) in [5.74, 6) is -0.0677. The smallest absolute Gasteiger partial charge is 0.241 e. The van der Waals surface area contributed by atoms with Crippen molar-refractivity contribution in [3.8, 4) is 0 Å². The Morgan fingerprint density at radius 1 is 1.10 bits per heavy atom. The van der Waals surface area contributed by atoms with E-state index in [2.05, 4.69) is 28.4 Å². The van der Waals surface area contributed by atoms with E-state index in [0.29, 0.717) is 17.8 Å². The number of rotatable bonds is 7. The van der Waals surface area contributed by atoms with Gasteiger partial charge >= 0.3 is 0 Å². The standard InChI is InChI=1S/C23H29N3O3/c1-17(23(28)24-21-10-8-19(9-11-21)18(2)27)25(3)16-20-6-4-5-7-22(20)26-12-14-29-15-13-26/h4-11,17H,12-16H2,1-3H3,(H,24,28). The number of carbonyl (C=O) groups is 2. The lowest BCUT2D eigenvalue weighted by Gasteiger charge is -2.32. The predicted molar refractivity (Wildman–Crippen MR) is 115 cm³/mol. The molecule has 1 aliphatic heterocycles. The second kappa shape index (κ2) is 9.67. The van der Waals surface area contributed by atoms with Crippen LogP contribution in [0.15, 0.2) is 48.5 Å². The molecule has 0 aliphatic carbocycles. The Morgan fingerprint density at radius 3 is 2.41 bits per heavy atom. The van der Waals surface area contributed by atoms with E-state index in [1.807, 2.05) is 24.9 Å². The summed E-state index contributed by atoms with van der Waals surface area (Å²) in [5, 5.41) is 2.93. The van der Waals surface area contributed by atoms with Crippen LogP contribution in [-0.4, -0.2) is 56.0 Å². The number of nitrogens with one attached hydrogen (secondary N) is 1. The third-order valence-corrected chi connectivity index (χ3v) is 5.36. The van der Waals surface area contributed by atoms with E-state index < -0.39 is 0 Å². The Bertz CT molecular complexity index is 845. The van der Waals surface area contributed by atoms with E-state index in [0.717, 1.165) is 26.3 Å². The maximum absolute atomic E-state index is 12.7. The Labute approximate surface area is 172 Å². The van der Waals surface area contributed by atoms with Gasteiger partial charge in [-0.05, 0) is 56.8 Å². The average molecular weight is 396 g/mol. The van der Waals surface area contributed by atoms with Crippen molar-refractivity contribution < 1.29 is 14.3 Å². The van der Waals surface area contributed by atoms with Gasteiger partial charge in [0.25, 0.3) is 0 Å². The number of benzene rings is 2. The third-order valence-electron chi connectivity index (χ3n) is 5.36. The van der Waals surface area contributed by atoms with Crippen LogP contribution in [0.25, 0.3) is 0 Å². The average Bonchev–Trinajstić information content (AvgIpc) is 2.74. The monoisotopic (exact) mass is 395 g/mol. The highest BCUT2D eigenvalue weighted by Gasteiger charge is 2.21. The number of nitrogens with zero attached hydrogens (tertiary/aromatic N) is 2. The number of anilines is 2. The van der Waals surface area contributed by atoms with Gasteiger partial charge in [-0.1, -0.05) is 18.2 Å². The van der Waals surface area contributed by atoms with Gasteiger partial charge in [0.05, 0.1) is 19.3 Å². The molecule has 154 valence electrons. The van der Waals surface area contributed by atoms with Gasteiger partial charge in [-0.2, -0.15) is 0 Å². The summed E-state index contributed by atoms with van der Waals surface area (Å²) < 4.78 is 5.47. The van der Waals surface area contributed by atoms with E-state index in [1.165, 1.54) is 18.2 Å². The molecule has 0 bridgehead atoms. The molecule has 1 aliphatic rings. The lowest BCUT2D eigenvalue weighted by Crippen LogP contribution is -2.40. The maximum atomic E-state index is 12.7. The largest absolute Gasteiger partial charge is 0.378 e. The molecule has 1 saturated heterocycles. The van der Waals surface area contributed by atoms with E-state index in [4.69, 9.17) is 4.74 Å². The number of hydrogen-bond donors (Lipinski definition) is 1. The first-order valence-corrected chi connectivity index (χ1v) is 9.98. The number of para-hydroxylation sites is 1. The zero-order valence-corrected chi connectivity index (χ0v) is 17.4. The first kappa shape index (κ1) is 21.0. The first-order chi connectivity index (χ1) is 14.0. The summed E-state index contributed by atoms with van der Waals surface area (Å²) in [6, 6.07) is 15.0. The summed E-state index contributed by atoms with van der Waals surface area (Å²) in [5.41, 5.74) is 3.72. The minimum atomic E-state index is -0.305. The molecule has 2 aromatic rings. The molecule has 3 rings (SSSR count). The van der Waals surface area contributed by atoms with Crippen LogP contribution in [-0.2, 0) is 16.1 Å². The number of Topliss-reactive ketones (excluding diaryl/α,β-unsaturated/α-hetero) is 1. The van der Waals surface area contributed by atoms with Gasteiger partial charge in [0.15, 0.2) is 5.78 Å². The van der Waals surface area contributed by atoms with Crippen molar-refractivity contribution in [3.63, 3.8) is 0 Å². The Morgan fingerprint density at radius 2 is 1.76 bits per heavy atom. The molecule has 0 aromatic heterocycles. The van der Waals surface area contributed by atoms with Gasteiger partial charge in [-0.3, -0.25) is 14.5 Å². The minimum absolute atomic E-state index is 0.00918. The third kappa shape index (κ3) is 5.43. The fourth-order valence-corrected chi connectivity index (χ4v) is 3.40. The molecule has 1 amide bonds. The van der Waals surface area contributed by atoms with Crippen LogP contribution in [0.2, 0.25) is 0 Å². The number of ketones is 1. The molecular formula is C23H29N3O3. The van der Waals surface area contributed by atoms with Crippen molar-refractivity contribution in [3.05, 3.63) is 59.7 Å². The Balaban J connectivity index is 1.63. The second-order valence-electron chi connectivity index (χ2n) is 7.44. The number of amides is 1. The highest BCUT2D eigenvalue weighted by atomic mass is 16.5. The second-order valence-corrected chi connectivity index (χ2v) is 7.44. The summed E-state index contributed by atoms with van der Waals surface area (Å²) in [7, 11) is 1.96. The maximum Gasteiger partial charge on any atom is 0.241 e.